The first-order valence-corrected chi connectivity index (χ1v) is 4.32. The van der Waals surface area contributed by atoms with Crippen molar-refractivity contribution in [2.45, 2.75) is 19.4 Å². The molecule has 0 radical (unpaired) electrons. The van der Waals surface area contributed by atoms with Crippen LogP contribution >= 0.6 is 0 Å². The fourth-order valence-electron chi connectivity index (χ4n) is 1.31. The highest BCUT2D eigenvalue weighted by Crippen LogP contribution is 2.02. The lowest BCUT2D eigenvalue weighted by Crippen LogP contribution is -2.56. The fraction of sp³-hybridized carbons (Fsp3) is 0.625. The molecule has 1 fully saturated rings. The fourth-order valence-corrected chi connectivity index (χ4v) is 1.31. The number of carbonyl (C=O) groups is 3. The first kappa shape index (κ1) is 10.5. The molecule has 1 atom stereocenters. The van der Waals surface area contributed by atoms with Crippen LogP contribution in [-0.4, -0.2) is 46.9 Å². The summed E-state index contributed by atoms with van der Waals surface area (Å²) in [6.45, 7) is 2.22. The van der Waals surface area contributed by atoms with Crippen LogP contribution in [-0.2, 0) is 14.4 Å². The quantitative estimate of drug-likeness (QED) is 0.561. The minimum absolute atomic E-state index is 0.0892. The van der Waals surface area contributed by atoms with Crippen LogP contribution < -0.4 is 5.32 Å². The molecular formula is C8H12N2O4. The largest absolute Gasteiger partial charge is 0.481 e. The van der Waals surface area contributed by atoms with Crippen LogP contribution in [0.5, 0.6) is 0 Å². The lowest BCUT2D eigenvalue weighted by atomic mass is 10.2. The molecule has 0 aromatic rings. The number of nitrogens with one attached hydrogen (secondary N) is 1. The van der Waals surface area contributed by atoms with E-state index in [-0.39, 0.29) is 19.0 Å². The van der Waals surface area contributed by atoms with Gasteiger partial charge in [-0.2, -0.15) is 0 Å². The Kier molecular flexibility index (Phi) is 3.06. The van der Waals surface area contributed by atoms with Crippen LogP contribution in [0.15, 0.2) is 0 Å². The van der Waals surface area contributed by atoms with Gasteiger partial charge in [0.25, 0.3) is 0 Å². The second-order valence-electron chi connectivity index (χ2n) is 3.27. The third kappa shape index (κ3) is 2.45. The molecule has 2 N–H and O–H groups in total. The summed E-state index contributed by atoms with van der Waals surface area (Å²) in [5.41, 5.74) is 0. The molecule has 1 saturated heterocycles. The highest BCUT2D eigenvalue weighted by atomic mass is 16.4. The number of piperazine rings is 1. The van der Waals surface area contributed by atoms with Gasteiger partial charge >= 0.3 is 17.8 Å². The molecule has 0 aromatic carbocycles. The van der Waals surface area contributed by atoms with E-state index in [0.29, 0.717) is 6.54 Å². The second-order valence-corrected chi connectivity index (χ2v) is 3.27. The van der Waals surface area contributed by atoms with Crippen molar-refractivity contribution < 1.29 is 19.5 Å². The van der Waals surface area contributed by atoms with Gasteiger partial charge in [-0.05, 0) is 6.92 Å². The van der Waals surface area contributed by atoms with E-state index in [2.05, 4.69) is 5.32 Å². The van der Waals surface area contributed by atoms with E-state index >= 15 is 0 Å². The third-order valence-corrected chi connectivity index (χ3v) is 1.95. The van der Waals surface area contributed by atoms with Crippen molar-refractivity contribution in [3.8, 4) is 0 Å². The molecule has 1 unspecified atom stereocenters. The zero-order valence-corrected chi connectivity index (χ0v) is 7.82. The number of amides is 2. The maximum atomic E-state index is 11.2. The minimum Gasteiger partial charge on any atom is -0.481 e. The summed E-state index contributed by atoms with van der Waals surface area (Å²) >= 11 is 0. The highest BCUT2D eigenvalue weighted by Gasteiger charge is 2.29. The third-order valence-electron chi connectivity index (χ3n) is 1.95. The zero-order valence-electron chi connectivity index (χ0n) is 7.82. The van der Waals surface area contributed by atoms with Crippen molar-refractivity contribution in [2.75, 3.05) is 13.1 Å². The van der Waals surface area contributed by atoms with E-state index in [9.17, 15) is 14.4 Å². The van der Waals surface area contributed by atoms with Gasteiger partial charge in [-0.25, -0.2) is 0 Å². The maximum absolute atomic E-state index is 11.2. The van der Waals surface area contributed by atoms with Crippen LogP contribution in [0.25, 0.3) is 0 Å². The topological polar surface area (TPSA) is 86.7 Å². The summed E-state index contributed by atoms with van der Waals surface area (Å²) in [7, 11) is 0. The van der Waals surface area contributed by atoms with Crippen molar-refractivity contribution in [2.24, 2.45) is 0 Å². The molecule has 1 heterocycles. The van der Waals surface area contributed by atoms with E-state index < -0.39 is 17.8 Å². The molecule has 2 amide bonds. The van der Waals surface area contributed by atoms with Crippen LogP contribution in [0, 0.1) is 0 Å². The molecule has 1 aliphatic heterocycles. The minimum atomic E-state index is -0.976. The SMILES string of the molecule is CC1CN(CCC(=O)O)C(=O)C(=O)N1. The number of carbonyl (C=O) groups excluding carboxylic acids is 2. The first-order valence-electron chi connectivity index (χ1n) is 4.32. The lowest BCUT2D eigenvalue weighted by Gasteiger charge is -2.30. The number of carboxylic acids is 1. The average molecular weight is 200 g/mol. The summed E-state index contributed by atoms with van der Waals surface area (Å²) < 4.78 is 0. The van der Waals surface area contributed by atoms with Crippen LogP contribution in [0.3, 0.4) is 0 Å². The van der Waals surface area contributed by atoms with E-state index in [1.807, 2.05) is 0 Å². The van der Waals surface area contributed by atoms with Crippen molar-refractivity contribution in [1.29, 1.82) is 0 Å². The predicted molar refractivity (Wildman–Crippen MR) is 46.4 cm³/mol. The molecule has 1 rings (SSSR count). The molecule has 0 spiro atoms. The molecule has 78 valence electrons. The Labute approximate surface area is 80.9 Å². The van der Waals surface area contributed by atoms with Crippen molar-refractivity contribution in [1.82, 2.24) is 10.2 Å². The van der Waals surface area contributed by atoms with Gasteiger partial charge in [0.15, 0.2) is 0 Å². The molecule has 0 saturated carbocycles. The molecule has 0 aliphatic carbocycles. The maximum Gasteiger partial charge on any atom is 0.311 e. The predicted octanol–water partition coefficient (Wildman–Crippen LogP) is -1.19. The van der Waals surface area contributed by atoms with Gasteiger partial charge in [-0.1, -0.05) is 0 Å². The highest BCUT2D eigenvalue weighted by molar-refractivity contribution is 6.35. The van der Waals surface area contributed by atoms with Gasteiger partial charge in [-0.15, -0.1) is 0 Å². The Morgan fingerprint density at radius 1 is 1.64 bits per heavy atom. The summed E-state index contributed by atoms with van der Waals surface area (Å²) in [4.78, 5) is 33.7. The summed E-state index contributed by atoms with van der Waals surface area (Å²) in [5, 5.41) is 10.9. The number of carboxylic acid groups (broad SMARTS) is 1. The van der Waals surface area contributed by atoms with E-state index in [1.165, 1.54) is 4.90 Å². The number of hydrogen-bond donors (Lipinski definition) is 2. The first-order chi connectivity index (χ1) is 6.50. The van der Waals surface area contributed by atoms with E-state index in [0.717, 1.165) is 0 Å². The van der Waals surface area contributed by atoms with E-state index in [1.54, 1.807) is 6.92 Å². The van der Waals surface area contributed by atoms with Crippen molar-refractivity contribution in [3.05, 3.63) is 0 Å². The summed E-state index contributed by atoms with van der Waals surface area (Å²) in [6, 6.07) is -0.117. The van der Waals surface area contributed by atoms with Gasteiger partial charge < -0.3 is 15.3 Å². The Hall–Kier alpha value is -1.59. The van der Waals surface area contributed by atoms with Crippen molar-refractivity contribution in [3.63, 3.8) is 0 Å². The van der Waals surface area contributed by atoms with Crippen LogP contribution in [0.4, 0.5) is 0 Å². The molecule has 0 bridgehead atoms. The summed E-state index contributed by atoms with van der Waals surface area (Å²) in [5.74, 6) is -2.28. The number of aliphatic carboxylic acids is 1. The standard InChI is InChI=1S/C8H12N2O4/c1-5-4-10(3-2-6(11)12)8(14)7(13)9-5/h5H,2-4H2,1H3,(H,9,13)(H,11,12). The molecular weight excluding hydrogens is 188 g/mol. The molecule has 6 heteroatoms. The van der Waals surface area contributed by atoms with Crippen molar-refractivity contribution >= 4 is 17.8 Å². The second kappa shape index (κ2) is 4.08. The number of nitrogens with zero attached hydrogens (tertiary/aromatic N) is 1. The Morgan fingerprint density at radius 2 is 2.29 bits per heavy atom. The molecule has 0 aromatic heterocycles. The lowest BCUT2D eigenvalue weighted by molar-refractivity contribution is -0.150. The number of hydrogen-bond acceptors (Lipinski definition) is 3. The Bertz CT molecular complexity index is 277. The monoisotopic (exact) mass is 200 g/mol. The van der Waals surface area contributed by atoms with Gasteiger partial charge in [0.05, 0.1) is 6.42 Å². The Balaban J connectivity index is 2.53. The molecule has 1 aliphatic rings. The Morgan fingerprint density at radius 3 is 2.86 bits per heavy atom. The zero-order chi connectivity index (χ0) is 10.7. The van der Waals surface area contributed by atoms with E-state index in [4.69, 9.17) is 5.11 Å². The smallest absolute Gasteiger partial charge is 0.311 e. The van der Waals surface area contributed by atoms with Gasteiger partial charge in [-0.3, -0.25) is 14.4 Å². The van der Waals surface area contributed by atoms with Crippen LogP contribution in [0.2, 0.25) is 0 Å². The van der Waals surface area contributed by atoms with Crippen LogP contribution in [0.1, 0.15) is 13.3 Å². The molecule has 6 nitrogen and oxygen atoms in total. The molecule has 14 heavy (non-hydrogen) atoms. The number of rotatable bonds is 3. The normalized spacial score (nSPS) is 22.1. The van der Waals surface area contributed by atoms with Gasteiger partial charge in [0.2, 0.25) is 0 Å². The summed E-state index contributed by atoms with van der Waals surface area (Å²) in [6.07, 6.45) is -0.133. The average Bonchev–Trinajstić information content (AvgIpc) is 2.08. The van der Waals surface area contributed by atoms with Gasteiger partial charge in [0.1, 0.15) is 0 Å². The van der Waals surface area contributed by atoms with Gasteiger partial charge in [0, 0.05) is 19.1 Å².